The molecular formula is C20H28F3N5O2S. The highest BCUT2D eigenvalue weighted by atomic mass is 32.1. The highest BCUT2D eigenvalue weighted by Gasteiger charge is 2.44. The van der Waals surface area contributed by atoms with Crippen LogP contribution >= 0.6 is 12.6 Å². The van der Waals surface area contributed by atoms with Crippen LogP contribution in [-0.2, 0) is 9.59 Å². The number of halogens is 3. The van der Waals surface area contributed by atoms with E-state index in [1.165, 1.54) is 0 Å². The summed E-state index contributed by atoms with van der Waals surface area (Å²) in [6.07, 6.45) is -2.43. The maximum atomic E-state index is 12.9. The highest BCUT2D eigenvalue weighted by molar-refractivity contribution is 7.81. The molecule has 3 rings (SSSR count). The van der Waals surface area contributed by atoms with Crippen LogP contribution in [0.5, 0.6) is 0 Å². The molecule has 0 saturated carbocycles. The lowest BCUT2D eigenvalue weighted by atomic mass is 9.89. The molecule has 1 aromatic carbocycles. The standard InChI is InChI=1S/C20H28F3N5O2S/c21-20(22,23)13-8-12(10-25-11-13)17(29)27-19(31)16(24)18(30)26-14-4-3-5-15(9-14)28-6-1-2-7-28/h3-5,9,12-13,16,19,25,31H,1-2,6-8,10-11,24H2,(H,26,30)(H,27,29). The average molecular weight is 460 g/mol. The molecule has 4 atom stereocenters. The number of amides is 2. The molecule has 0 radical (unpaired) electrons. The summed E-state index contributed by atoms with van der Waals surface area (Å²) in [5, 5.41) is 6.78. The van der Waals surface area contributed by atoms with Crippen LogP contribution in [0.4, 0.5) is 24.5 Å². The number of alkyl halides is 3. The lowest BCUT2D eigenvalue weighted by molar-refractivity contribution is -0.182. The molecule has 0 bridgehead atoms. The summed E-state index contributed by atoms with van der Waals surface area (Å²) < 4.78 is 38.8. The summed E-state index contributed by atoms with van der Waals surface area (Å²) in [5.74, 6) is -3.62. The molecule has 2 aliphatic heterocycles. The van der Waals surface area contributed by atoms with Gasteiger partial charge in [-0.15, -0.1) is 0 Å². The fraction of sp³-hybridized carbons (Fsp3) is 0.600. The fourth-order valence-corrected chi connectivity index (χ4v) is 4.13. The van der Waals surface area contributed by atoms with Gasteiger partial charge in [0.15, 0.2) is 0 Å². The predicted octanol–water partition coefficient (Wildman–Crippen LogP) is 1.71. The van der Waals surface area contributed by atoms with Crippen molar-refractivity contribution >= 4 is 35.8 Å². The molecule has 2 fully saturated rings. The van der Waals surface area contributed by atoms with Crippen LogP contribution in [0.1, 0.15) is 19.3 Å². The Morgan fingerprint density at radius 3 is 2.61 bits per heavy atom. The molecule has 1 aromatic rings. The lowest BCUT2D eigenvalue weighted by Crippen LogP contribution is -2.54. The van der Waals surface area contributed by atoms with E-state index in [9.17, 15) is 22.8 Å². The monoisotopic (exact) mass is 459 g/mol. The summed E-state index contributed by atoms with van der Waals surface area (Å²) >= 11 is 4.19. The van der Waals surface area contributed by atoms with Crippen molar-refractivity contribution in [3.05, 3.63) is 24.3 Å². The van der Waals surface area contributed by atoms with Gasteiger partial charge in [0.1, 0.15) is 6.04 Å². The SMILES string of the molecule is NC(C(=O)Nc1cccc(N2CCCC2)c1)C(S)NC(=O)C1CNCC(C(F)(F)F)C1. The van der Waals surface area contributed by atoms with Crippen molar-refractivity contribution in [3.8, 4) is 0 Å². The molecular weight excluding hydrogens is 431 g/mol. The van der Waals surface area contributed by atoms with Gasteiger partial charge >= 0.3 is 6.18 Å². The van der Waals surface area contributed by atoms with Gasteiger partial charge in [0.25, 0.3) is 0 Å². The first-order valence-corrected chi connectivity index (χ1v) is 10.8. The Bertz CT molecular complexity index is 788. The number of carbonyl (C=O) groups is 2. The smallest absolute Gasteiger partial charge is 0.371 e. The zero-order valence-corrected chi connectivity index (χ0v) is 17.9. The molecule has 4 unspecified atom stereocenters. The van der Waals surface area contributed by atoms with Crippen molar-refractivity contribution in [3.63, 3.8) is 0 Å². The molecule has 11 heteroatoms. The zero-order chi connectivity index (χ0) is 22.6. The van der Waals surface area contributed by atoms with E-state index in [1.807, 2.05) is 18.2 Å². The van der Waals surface area contributed by atoms with Gasteiger partial charge in [-0.05, 0) is 37.5 Å². The summed E-state index contributed by atoms with van der Waals surface area (Å²) in [6.45, 7) is 1.85. The molecule has 172 valence electrons. The number of nitrogens with one attached hydrogen (secondary N) is 3. The summed E-state index contributed by atoms with van der Waals surface area (Å²) in [5.41, 5.74) is 7.51. The molecule has 2 heterocycles. The second-order valence-corrected chi connectivity index (χ2v) is 8.60. The van der Waals surface area contributed by atoms with Crippen molar-refractivity contribution in [1.29, 1.82) is 0 Å². The topological polar surface area (TPSA) is 99.5 Å². The van der Waals surface area contributed by atoms with Crippen LogP contribution in [0.2, 0.25) is 0 Å². The van der Waals surface area contributed by atoms with Gasteiger partial charge in [0.2, 0.25) is 11.8 Å². The molecule has 0 aliphatic carbocycles. The number of nitrogens with two attached hydrogens (primary N) is 1. The van der Waals surface area contributed by atoms with E-state index >= 15 is 0 Å². The quantitative estimate of drug-likeness (QED) is 0.330. The minimum Gasteiger partial charge on any atom is -0.371 e. The zero-order valence-electron chi connectivity index (χ0n) is 17.0. The molecule has 2 amide bonds. The number of piperidine rings is 1. The minimum atomic E-state index is -4.37. The van der Waals surface area contributed by atoms with Crippen molar-refractivity contribution < 1.29 is 22.8 Å². The van der Waals surface area contributed by atoms with Crippen LogP contribution in [-0.4, -0.2) is 55.6 Å². The number of rotatable bonds is 6. The first kappa shape index (κ1) is 23.7. The summed E-state index contributed by atoms with van der Waals surface area (Å²) in [7, 11) is 0. The van der Waals surface area contributed by atoms with Gasteiger partial charge in [-0.2, -0.15) is 25.8 Å². The third-order valence-electron chi connectivity index (χ3n) is 5.70. The molecule has 5 N–H and O–H groups in total. The van der Waals surface area contributed by atoms with Gasteiger partial charge in [-0.3, -0.25) is 9.59 Å². The van der Waals surface area contributed by atoms with Crippen molar-refractivity contribution in [2.24, 2.45) is 17.6 Å². The molecule has 2 saturated heterocycles. The number of anilines is 2. The van der Waals surface area contributed by atoms with E-state index in [0.717, 1.165) is 31.6 Å². The number of benzene rings is 1. The lowest BCUT2D eigenvalue weighted by Gasteiger charge is -2.31. The van der Waals surface area contributed by atoms with Crippen LogP contribution in [0.15, 0.2) is 24.3 Å². The molecule has 31 heavy (non-hydrogen) atoms. The maximum absolute atomic E-state index is 12.9. The molecule has 0 aromatic heterocycles. The van der Waals surface area contributed by atoms with Crippen molar-refractivity contribution in [2.45, 2.75) is 36.9 Å². The number of carbonyl (C=O) groups excluding carboxylic acids is 2. The Hall–Kier alpha value is -1.98. The van der Waals surface area contributed by atoms with E-state index in [4.69, 9.17) is 5.73 Å². The Morgan fingerprint density at radius 1 is 1.23 bits per heavy atom. The third kappa shape index (κ3) is 6.27. The van der Waals surface area contributed by atoms with Crippen LogP contribution in [0.25, 0.3) is 0 Å². The fourth-order valence-electron chi connectivity index (χ4n) is 3.87. The summed E-state index contributed by atoms with van der Waals surface area (Å²) in [4.78, 5) is 27.1. The van der Waals surface area contributed by atoms with Crippen LogP contribution in [0, 0.1) is 11.8 Å². The van der Waals surface area contributed by atoms with Gasteiger partial charge in [0.05, 0.1) is 17.2 Å². The van der Waals surface area contributed by atoms with E-state index < -0.39 is 41.2 Å². The Morgan fingerprint density at radius 2 is 1.94 bits per heavy atom. The van der Waals surface area contributed by atoms with E-state index in [-0.39, 0.29) is 19.5 Å². The second-order valence-electron chi connectivity index (χ2n) is 8.04. The normalized spacial score (nSPS) is 23.8. The van der Waals surface area contributed by atoms with Gasteiger partial charge < -0.3 is 26.6 Å². The van der Waals surface area contributed by atoms with E-state index in [2.05, 4.69) is 33.5 Å². The van der Waals surface area contributed by atoms with Gasteiger partial charge in [-0.1, -0.05) is 6.07 Å². The number of hydrogen-bond donors (Lipinski definition) is 5. The maximum Gasteiger partial charge on any atom is 0.393 e. The first-order valence-electron chi connectivity index (χ1n) is 10.3. The number of thiol groups is 1. The Kier molecular flexibility index (Phi) is 7.71. The van der Waals surface area contributed by atoms with E-state index in [1.54, 1.807) is 6.07 Å². The Balaban J connectivity index is 1.53. The summed E-state index contributed by atoms with van der Waals surface area (Å²) in [6, 6.07) is 6.21. The Labute approximate surface area is 184 Å². The van der Waals surface area contributed by atoms with Gasteiger partial charge in [-0.25, -0.2) is 0 Å². The minimum absolute atomic E-state index is 0.129. The van der Waals surface area contributed by atoms with E-state index in [0.29, 0.717) is 5.69 Å². The predicted molar refractivity (Wildman–Crippen MR) is 116 cm³/mol. The third-order valence-corrected chi connectivity index (χ3v) is 6.15. The molecule has 0 spiro atoms. The van der Waals surface area contributed by atoms with Gasteiger partial charge in [0, 0.05) is 37.6 Å². The second kappa shape index (κ2) is 10.1. The number of nitrogens with zero attached hydrogens (tertiary/aromatic N) is 1. The molecule has 7 nitrogen and oxygen atoms in total. The highest BCUT2D eigenvalue weighted by Crippen LogP contribution is 2.33. The average Bonchev–Trinajstić information content (AvgIpc) is 3.27. The first-order chi connectivity index (χ1) is 14.6. The van der Waals surface area contributed by atoms with Crippen molar-refractivity contribution in [1.82, 2.24) is 10.6 Å². The van der Waals surface area contributed by atoms with Crippen LogP contribution in [0.3, 0.4) is 0 Å². The van der Waals surface area contributed by atoms with Crippen molar-refractivity contribution in [2.75, 3.05) is 36.4 Å². The molecule has 2 aliphatic rings. The largest absolute Gasteiger partial charge is 0.393 e. The number of hydrogen-bond acceptors (Lipinski definition) is 6. The van der Waals surface area contributed by atoms with Crippen LogP contribution < -0.4 is 26.6 Å².